The van der Waals surface area contributed by atoms with Gasteiger partial charge in [0.1, 0.15) is 16.5 Å². The minimum absolute atomic E-state index is 0.0135. The molecule has 0 aliphatic rings. The first-order valence-corrected chi connectivity index (χ1v) is 5.31. The van der Waals surface area contributed by atoms with E-state index >= 15 is 0 Å². The zero-order valence-corrected chi connectivity index (χ0v) is 10.1. The number of carbonyl (C=O) groups is 1. The third-order valence-electron chi connectivity index (χ3n) is 2.16. The molecule has 1 amide bonds. The molecule has 5 nitrogen and oxygen atoms in total. The lowest BCUT2D eigenvalue weighted by atomic mass is 10.4. The lowest BCUT2D eigenvalue weighted by Crippen LogP contribution is -2.16. The Kier molecular flexibility index (Phi) is 3.43. The summed E-state index contributed by atoms with van der Waals surface area (Å²) in [5, 5.41) is 0.881. The van der Waals surface area contributed by atoms with E-state index in [1.165, 1.54) is 6.20 Å². The minimum Gasteiger partial charge on any atom is -0.338 e. The molecule has 0 aliphatic carbocycles. The summed E-state index contributed by atoms with van der Waals surface area (Å²) in [6.07, 6.45) is 1.20. The Hall–Kier alpha value is -2.09. The van der Waals surface area contributed by atoms with Crippen LogP contribution in [0.3, 0.4) is 0 Å². The van der Waals surface area contributed by atoms with Crippen LogP contribution in [0.1, 0.15) is 16.3 Å². The molecule has 0 aliphatic heterocycles. The van der Waals surface area contributed by atoms with Gasteiger partial charge in [0.05, 0.1) is 6.20 Å². The van der Waals surface area contributed by atoms with Crippen LogP contribution < -0.4 is 5.32 Å². The summed E-state index contributed by atoms with van der Waals surface area (Å²) in [6, 6.07) is 0. The normalized spacial score (nSPS) is 10.6. The number of nitrogens with one attached hydrogen (secondary N) is 2. The number of imidazole rings is 1. The van der Waals surface area contributed by atoms with Gasteiger partial charge in [0.25, 0.3) is 11.9 Å². The number of pyridine rings is 1. The molecule has 2 rings (SSSR count). The van der Waals surface area contributed by atoms with Crippen LogP contribution in [-0.2, 0) is 0 Å². The highest BCUT2D eigenvalue weighted by Crippen LogP contribution is 2.25. The summed E-state index contributed by atoms with van der Waals surface area (Å²) in [5.74, 6) is -5.74. The van der Waals surface area contributed by atoms with Gasteiger partial charge in [-0.15, -0.1) is 0 Å². The summed E-state index contributed by atoms with van der Waals surface area (Å²) in [7, 11) is 0. The molecule has 0 saturated carbocycles. The lowest BCUT2D eigenvalue weighted by Gasteiger charge is -2.06. The fourth-order valence-electron chi connectivity index (χ4n) is 1.28. The fourth-order valence-corrected chi connectivity index (χ4v) is 1.45. The number of anilines is 1. The number of H-pyrrole nitrogens is 1. The number of hydrogen-bond donors (Lipinski definition) is 2. The van der Waals surface area contributed by atoms with Gasteiger partial charge >= 0.3 is 0 Å². The quantitative estimate of drug-likeness (QED) is 0.835. The predicted molar refractivity (Wildman–Crippen MR) is 60.4 cm³/mol. The third-order valence-corrected chi connectivity index (χ3v) is 2.50. The maximum absolute atomic E-state index is 13.5. The first-order valence-electron chi connectivity index (χ1n) is 4.93. The van der Waals surface area contributed by atoms with Crippen molar-refractivity contribution in [2.24, 2.45) is 0 Å². The molecular weight excluding hydrogens is 285 g/mol. The monoisotopic (exact) mass is 290 g/mol. The van der Waals surface area contributed by atoms with Crippen LogP contribution in [-0.4, -0.2) is 20.9 Å². The summed E-state index contributed by atoms with van der Waals surface area (Å²) >= 11 is 5.22. The van der Waals surface area contributed by atoms with E-state index < -0.39 is 34.3 Å². The van der Waals surface area contributed by atoms with Gasteiger partial charge in [-0.25, -0.2) is 13.8 Å². The first kappa shape index (κ1) is 13.3. The highest BCUT2D eigenvalue weighted by molar-refractivity contribution is 6.31. The van der Waals surface area contributed by atoms with Gasteiger partial charge in [-0.3, -0.25) is 4.79 Å². The number of carbonyl (C=O) groups excluding carboxylic acids is 1. The van der Waals surface area contributed by atoms with E-state index in [0.717, 1.165) is 0 Å². The number of aromatic nitrogens is 3. The summed E-state index contributed by atoms with van der Waals surface area (Å²) in [5.41, 5.74) is 0.0135. The molecule has 0 fully saturated rings. The van der Waals surface area contributed by atoms with Crippen LogP contribution in [0.2, 0.25) is 5.02 Å². The number of halogens is 4. The van der Waals surface area contributed by atoms with Crippen LogP contribution >= 0.6 is 11.6 Å². The van der Waals surface area contributed by atoms with Crippen molar-refractivity contribution >= 4 is 23.3 Å². The van der Waals surface area contributed by atoms with Crippen molar-refractivity contribution in [2.75, 3.05) is 5.32 Å². The molecule has 0 radical (unpaired) electrons. The van der Waals surface area contributed by atoms with E-state index in [1.54, 1.807) is 6.92 Å². The maximum atomic E-state index is 13.5. The molecule has 2 N–H and O–H groups in total. The average molecular weight is 291 g/mol. The topological polar surface area (TPSA) is 70.7 Å². The van der Waals surface area contributed by atoms with Crippen molar-refractivity contribution < 1.29 is 18.0 Å². The summed E-state index contributed by atoms with van der Waals surface area (Å²) < 4.78 is 39.3. The van der Waals surface area contributed by atoms with Crippen molar-refractivity contribution in [3.63, 3.8) is 0 Å². The Morgan fingerprint density at radius 3 is 2.63 bits per heavy atom. The Balaban J connectivity index is 2.32. The van der Waals surface area contributed by atoms with Crippen molar-refractivity contribution in [2.45, 2.75) is 6.92 Å². The van der Waals surface area contributed by atoms with Gasteiger partial charge in [0.2, 0.25) is 0 Å². The van der Waals surface area contributed by atoms with E-state index in [-0.39, 0.29) is 5.69 Å². The van der Waals surface area contributed by atoms with Crippen LogP contribution in [0.4, 0.5) is 19.0 Å². The molecule has 0 saturated heterocycles. The van der Waals surface area contributed by atoms with Crippen LogP contribution in [0.25, 0.3) is 0 Å². The molecular formula is C10H6ClF3N4O. The number of aromatic amines is 1. The van der Waals surface area contributed by atoms with E-state index in [0.29, 0.717) is 5.82 Å². The number of aryl methyl sites for hydroxylation is 1. The Labute approximate surface area is 109 Å². The molecule has 19 heavy (non-hydrogen) atoms. The second-order valence-electron chi connectivity index (χ2n) is 3.53. The molecule has 2 heterocycles. The first-order chi connectivity index (χ1) is 8.90. The van der Waals surface area contributed by atoms with Crippen molar-refractivity contribution in [1.29, 1.82) is 0 Å². The molecule has 0 aromatic carbocycles. The second kappa shape index (κ2) is 4.88. The van der Waals surface area contributed by atoms with Crippen LogP contribution in [0, 0.1) is 24.5 Å². The fraction of sp³-hybridized carbons (Fsp3) is 0.100. The molecule has 100 valence electrons. The van der Waals surface area contributed by atoms with Gasteiger partial charge < -0.3 is 10.3 Å². The van der Waals surface area contributed by atoms with E-state index in [2.05, 4.69) is 15.0 Å². The van der Waals surface area contributed by atoms with Gasteiger partial charge in [0.15, 0.2) is 17.5 Å². The van der Waals surface area contributed by atoms with Gasteiger partial charge in [-0.05, 0) is 6.92 Å². The number of rotatable bonds is 2. The van der Waals surface area contributed by atoms with Gasteiger partial charge in [0, 0.05) is 0 Å². The Morgan fingerprint density at radius 1 is 1.37 bits per heavy atom. The maximum Gasteiger partial charge on any atom is 0.274 e. The highest BCUT2D eigenvalue weighted by Gasteiger charge is 2.21. The third kappa shape index (κ3) is 2.53. The Morgan fingerprint density at radius 2 is 2.05 bits per heavy atom. The predicted octanol–water partition coefficient (Wildman–Crippen LogP) is 2.44. The minimum atomic E-state index is -1.62. The number of hydrogen-bond acceptors (Lipinski definition) is 3. The highest BCUT2D eigenvalue weighted by atomic mass is 35.5. The molecule has 0 unspecified atom stereocenters. The van der Waals surface area contributed by atoms with Crippen molar-refractivity contribution in [3.05, 3.63) is 40.3 Å². The molecule has 0 bridgehead atoms. The smallest absolute Gasteiger partial charge is 0.274 e. The zero-order chi connectivity index (χ0) is 14.2. The van der Waals surface area contributed by atoms with Gasteiger partial charge in [-0.2, -0.15) is 9.37 Å². The summed E-state index contributed by atoms with van der Waals surface area (Å²) in [4.78, 5) is 20.9. The summed E-state index contributed by atoms with van der Waals surface area (Å²) in [6.45, 7) is 1.60. The van der Waals surface area contributed by atoms with Crippen LogP contribution in [0.5, 0.6) is 0 Å². The van der Waals surface area contributed by atoms with E-state index in [4.69, 9.17) is 11.6 Å². The van der Waals surface area contributed by atoms with Crippen LogP contribution in [0.15, 0.2) is 6.20 Å². The zero-order valence-electron chi connectivity index (χ0n) is 9.39. The largest absolute Gasteiger partial charge is 0.338 e. The van der Waals surface area contributed by atoms with Crippen molar-refractivity contribution in [3.8, 4) is 0 Å². The molecule has 0 atom stereocenters. The molecule has 2 aromatic rings. The van der Waals surface area contributed by atoms with Gasteiger partial charge in [-0.1, -0.05) is 11.6 Å². The van der Waals surface area contributed by atoms with Crippen molar-refractivity contribution in [1.82, 2.24) is 15.0 Å². The lowest BCUT2D eigenvalue weighted by molar-refractivity contribution is 0.102. The molecule has 9 heteroatoms. The SMILES string of the molecule is Cc1ncc(C(=O)Nc2nc(F)c(F)c(Cl)c2F)[nH]1. The Bertz CT molecular complexity index is 658. The second-order valence-corrected chi connectivity index (χ2v) is 3.91. The average Bonchev–Trinajstić information content (AvgIpc) is 2.80. The van der Waals surface area contributed by atoms with E-state index in [9.17, 15) is 18.0 Å². The number of amides is 1. The molecule has 2 aromatic heterocycles. The number of nitrogens with zero attached hydrogens (tertiary/aromatic N) is 2. The standard InChI is InChI=1S/C10H6ClF3N4O/c1-3-15-2-4(16-3)10(19)18-9-7(13)5(11)6(12)8(14)17-9/h2H,1H3,(H,15,16)(H,17,18,19). The molecule has 0 spiro atoms. The van der Waals surface area contributed by atoms with E-state index in [1.807, 2.05) is 5.32 Å².